The summed E-state index contributed by atoms with van der Waals surface area (Å²) < 4.78 is 33.6. The number of rotatable bonds is 5. The number of aliphatic hydroxyl groups excluding tert-OH is 1. The van der Waals surface area contributed by atoms with Crippen LogP contribution in [0, 0.1) is 13.8 Å². The Kier molecular flexibility index (Phi) is 7.11. The molecule has 0 bridgehead atoms. The SMILES string of the molecule is Cc1noc(C)c1-c1ccc2c(c1)nc([C@@H]1CCC(O)N1c1ccc(Cl)c(Cl)c1)n2C1CCN(S(C)(=O)=O)CC1. The summed E-state index contributed by atoms with van der Waals surface area (Å²) in [6.07, 6.45) is 3.16. The van der Waals surface area contributed by atoms with Crippen LogP contribution in [-0.2, 0) is 10.0 Å². The van der Waals surface area contributed by atoms with Crippen molar-refractivity contribution in [1.29, 1.82) is 0 Å². The van der Waals surface area contributed by atoms with Gasteiger partial charge >= 0.3 is 0 Å². The van der Waals surface area contributed by atoms with E-state index in [9.17, 15) is 13.5 Å². The molecule has 0 amide bonds. The van der Waals surface area contributed by atoms with Gasteiger partial charge in [-0.15, -0.1) is 0 Å². The third-order valence-corrected chi connectivity index (χ3v) is 10.2. The van der Waals surface area contributed by atoms with Crippen molar-refractivity contribution in [2.24, 2.45) is 0 Å². The molecule has 2 aromatic heterocycles. The molecule has 0 saturated carbocycles. The van der Waals surface area contributed by atoms with E-state index in [2.05, 4.69) is 27.9 Å². The Labute approximate surface area is 243 Å². The van der Waals surface area contributed by atoms with Crippen LogP contribution in [0.25, 0.3) is 22.2 Å². The lowest BCUT2D eigenvalue weighted by atomic mass is 10.0. The van der Waals surface area contributed by atoms with Gasteiger partial charge in [0.05, 0.1) is 39.1 Å². The van der Waals surface area contributed by atoms with Gasteiger partial charge in [0.2, 0.25) is 10.0 Å². The summed E-state index contributed by atoms with van der Waals surface area (Å²) >= 11 is 12.6. The predicted octanol–water partition coefficient (Wildman–Crippen LogP) is 5.87. The lowest BCUT2D eigenvalue weighted by Gasteiger charge is -2.35. The monoisotopic (exact) mass is 603 g/mol. The molecule has 2 saturated heterocycles. The van der Waals surface area contributed by atoms with Crippen molar-refractivity contribution in [2.45, 2.75) is 57.8 Å². The van der Waals surface area contributed by atoms with Crippen LogP contribution < -0.4 is 4.90 Å². The zero-order chi connectivity index (χ0) is 28.3. The average molecular weight is 605 g/mol. The molecule has 40 heavy (non-hydrogen) atoms. The topological polar surface area (TPSA) is 105 Å². The van der Waals surface area contributed by atoms with Gasteiger partial charge in [-0.25, -0.2) is 17.7 Å². The fourth-order valence-electron chi connectivity index (χ4n) is 6.26. The molecule has 2 aliphatic rings. The van der Waals surface area contributed by atoms with Crippen LogP contribution >= 0.6 is 23.2 Å². The summed E-state index contributed by atoms with van der Waals surface area (Å²) in [6.45, 7) is 4.71. The molecule has 2 aromatic carbocycles. The highest BCUT2D eigenvalue weighted by atomic mass is 35.5. The molecule has 1 N–H and O–H groups in total. The molecular weight excluding hydrogens is 573 g/mol. The fraction of sp³-hybridized carbons (Fsp3) is 0.429. The summed E-state index contributed by atoms with van der Waals surface area (Å²) in [4.78, 5) is 7.15. The van der Waals surface area contributed by atoms with Gasteiger partial charge in [-0.05, 0) is 75.4 Å². The Hall–Kier alpha value is -2.63. The minimum atomic E-state index is -3.26. The molecule has 6 rings (SSSR count). The van der Waals surface area contributed by atoms with Gasteiger partial charge in [0.1, 0.15) is 17.8 Å². The predicted molar refractivity (Wildman–Crippen MR) is 156 cm³/mol. The molecule has 2 fully saturated rings. The van der Waals surface area contributed by atoms with E-state index in [0.29, 0.717) is 48.8 Å². The van der Waals surface area contributed by atoms with E-state index < -0.39 is 16.3 Å². The Morgan fingerprint density at radius 2 is 1.75 bits per heavy atom. The number of anilines is 1. The summed E-state index contributed by atoms with van der Waals surface area (Å²) in [5.41, 5.74) is 5.31. The molecule has 0 spiro atoms. The van der Waals surface area contributed by atoms with E-state index in [0.717, 1.165) is 45.1 Å². The second kappa shape index (κ2) is 10.3. The van der Waals surface area contributed by atoms with Crippen LogP contribution in [0.2, 0.25) is 10.0 Å². The molecule has 0 aliphatic carbocycles. The van der Waals surface area contributed by atoms with Gasteiger partial charge in [-0.3, -0.25) is 0 Å². The van der Waals surface area contributed by atoms with Crippen molar-refractivity contribution in [3.8, 4) is 11.1 Å². The first-order valence-electron chi connectivity index (χ1n) is 13.3. The standard InChI is InChI=1S/C28H31Cl2N5O4S/c1-16-27(17(2)39-32-16)18-4-7-24-23(14-18)31-28(35(24)19-10-12-33(13-11-19)40(3,37)38)25-8-9-26(36)34(25)20-5-6-21(29)22(30)15-20/h4-7,14-15,19,25-26,36H,8-13H2,1-3H3/t25-,26?/m0/s1. The number of aromatic nitrogens is 3. The van der Waals surface area contributed by atoms with E-state index >= 15 is 0 Å². The largest absolute Gasteiger partial charge is 0.374 e. The quantitative estimate of drug-likeness (QED) is 0.304. The van der Waals surface area contributed by atoms with Crippen molar-refractivity contribution in [1.82, 2.24) is 19.0 Å². The second-order valence-corrected chi connectivity index (χ2v) is 13.5. The highest BCUT2D eigenvalue weighted by Gasteiger charge is 2.39. The van der Waals surface area contributed by atoms with Crippen molar-refractivity contribution in [3.63, 3.8) is 0 Å². The summed E-state index contributed by atoms with van der Waals surface area (Å²) in [6, 6.07) is 11.4. The van der Waals surface area contributed by atoms with Gasteiger partial charge in [0.25, 0.3) is 0 Å². The molecule has 2 atom stereocenters. The number of sulfonamides is 1. The number of benzene rings is 2. The molecule has 4 aromatic rings. The van der Waals surface area contributed by atoms with Crippen LogP contribution in [0.5, 0.6) is 0 Å². The Bertz CT molecular complexity index is 1670. The molecule has 0 radical (unpaired) electrons. The Morgan fingerprint density at radius 3 is 2.40 bits per heavy atom. The summed E-state index contributed by atoms with van der Waals surface area (Å²) in [5, 5.41) is 16.1. The fourth-order valence-corrected chi connectivity index (χ4v) is 7.43. The Balaban J connectivity index is 1.47. The van der Waals surface area contributed by atoms with Crippen LogP contribution in [0.15, 0.2) is 40.9 Å². The number of fused-ring (bicyclic) bond motifs is 1. The molecule has 4 heterocycles. The van der Waals surface area contributed by atoms with Crippen LogP contribution in [0.1, 0.15) is 55.0 Å². The Morgan fingerprint density at radius 1 is 1.00 bits per heavy atom. The maximum Gasteiger partial charge on any atom is 0.211 e. The van der Waals surface area contributed by atoms with Crippen LogP contribution in [0.3, 0.4) is 0 Å². The van der Waals surface area contributed by atoms with Crippen molar-refractivity contribution in [2.75, 3.05) is 24.2 Å². The van der Waals surface area contributed by atoms with E-state index in [1.165, 1.54) is 6.26 Å². The normalized spacial score (nSPS) is 21.1. The lowest BCUT2D eigenvalue weighted by Crippen LogP contribution is -2.39. The average Bonchev–Trinajstić information content (AvgIpc) is 3.59. The second-order valence-electron chi connectivity index (χ2n) is 10.7. The summed E-state index contributed by atoms with van der Waals surface area (Å²) in [7, 11) is -3.26. The van der Waals surface area contributed by atoms with Crippen molar-refractivity contribution >= 4 is 49.9 Å². The van der Waals surface area contributed by atoms with E-state index in [4.69, 9.17) is 32.7 Å². The molecular formula is C28H31Cl2N5O4S. The number of hydrogen-bond acceptors (Lipinski definition) is 7. The van der Waals surface area contributed by atoms with Gasteiger partial charge in [0, 0.05) is 30.4 Å². The number of piperidine rings is 1. The summed E-state index contributed by atoms with van der Waals surface area (Å²) in [5.74, 6) is 1.58. The first-order chi connectivity index (χ1) is 19.0. The number of aryl methyl sites for hydroxylation is 2. The third-order valence-electron chi connectivity index (χ3n) is 8.15. The molecule has 2 aliphatic heterocycles. The van der Waals surface area contributed by atoms with Gasteiger partial charge in [0.15, 0.2) is 0 Å². The van der Waals surface area contributed by atoms with Crippen molar-refractivity contribution in [3.05, 3.63) is 63.7 Å². The first-order valence-corrected chi connectivity index (χ1v) is 15.9. The molecule has 1 unspecified atom stereocenters. The van der Waals surface area contributed by atoms with Crippen LogP contribution in [0.4, 0.5) is 5.69 Å². The van der Waals surface area contributed by atoms with E-state index in [1.807, 2.05) is 24.8 Å². The highest BCUT2D eigenvalue weighted by Crippen LogP contribution is 2.43. The first kappa shape index (κ1) is 27.5. The number of aliphatic hydroxyl groups is 1. The van der Waals surface area contributed by atoms with E-state index in [1.54, 1.807) is 16.4 Å². The number of halogens is 2. The maximum atomic E-state index is 12.2. The molecule has 212 valence electrons. The third kappa shape index (κ3) is 4.79. The minimum absolute atomic E-state index is 0.0521. The highest BCUT2D eigenvalue weighted by molar-refractivity contribution is 7.88. The number of hydrogen-bond donors (Lipinski definition) is 1. The zero-order valence-electron chi connectivity index (χ0n) is 22.5. The maximum absolute atomic E-state index is 12.2. The van der Waals surface area contributed by atoms with Crippen LogP contribution in [-0.4, -0.2) is 58.1 Å². The smallest absolute Gasteiger partial charge is 0.211 e. The molecule has 9 nitrogen and oxygen atoms in total. The van der Waals surface area contributed by atoms with Gasteiger partial charge < -0.3 is 19.1 Å². The molecule has 12 heteroatoms. The van der Waals surface area contributed by atoms with Gasteiger partial charge in [-0.1, -0.05) is 34.4 Å². The minimum Gasteiger partial charge on any atom is -0.374 e. The van der Waals surface area contributed by atoms with Gasteiger partial charge in [-0.2, -0.15) is 0 Å². The zero-order valence-corrected chi connectivity index (χ0v) is 24.8. The number of imidazole rings is 1. The number of nitrogens with zero attached hydrogens (tertiary/aromatic N) is 5. The van der Waals surface area contributed by atoms with E-state index in [-0.39, 0.29) is 12.1 Å². The lowest BCUT2D eigenvalue weighted by molar-refractivity contribution is 0.182. The van der Waals surface area contributed by atoms with Crippen molar-refractivity contribution < 1.29 is 18.0 Å².